The Morgan fingerprint density at radius 3 is 2.65 bits per heavy atom. The van der Waals surface area contributed by atoms with Crippen LogP contribution in [0.25, 0.3) is 0 Å². The molecule has 1 aromatic rings. The number of nitrogens with one attached hydrogen (secondary N) is 1. The summed E-state index contributed by atoms with van der Waals surface area (Å²) in [6.45, 7) is 8.34. The molecule has 0 saturated carbocycles. The van der Waals surface area contributed by atoms with E-state index in [9.17, 15) is 4.79 Å². The van der Waals surface area contributed by atoms with Crippen LogP contribution in [-0.2, 0) is 11.2 Å². The third-order valence-electron chi connectivity index (χ3n) is 5.64. The average Bonchev–Trinajstić information content (AvgIpc) is 2.87. The second-order valence-corrected chi connectivity index (χ2v) is 7.51. The molecule has 1 aromatic carbocycles. The molecule has 0 aliphatic carbocycles. The number of amides is 1. The van der Waals surface area contributed by atoms with Crippen molar-refractivity contribution in [1.82, 2.24) is 10.2 Å². The van der Waals surface area contributed by atoms with Gasteiger partial charge in [0.25, 0.3) is 0 Å². The van der Waals surface area contributed by atoms with Gasteiger partial charge in [0.1, 0.15) is 0 Å². The molecule has 128 valence electrons. The Morgan fingerprint density at radius 2 is 2.04 bits per heavy atom. The van der Waals surface area contributed by atoms with Crippen LogP contribution in [0.2, 0.25) is 0 Å². The molecule has 4 heteroatoms. The van der Waals surface area contributed by atoms with E-state index in [1.807, 2.05) is 0 Å². The van der Waals surface area contributed by atoms with Gasteiger partial charge in [-0.05, 0) is 49.2 Å². The standard InChI is InChI=1S/C19H28N2O.ClH/c1-15(17-12-20-13-17)18(22)21-11-10-19(2,14-21)9-8-16-6-4-3-5-7-16;/h3-7,15,17,20H,8-14H2,1-2H3;1H. The number of aryl methyl sites for hydroxylation is 1. The summed E-state index contributed by atoms with van der Waals surface area (Å²) in [7, 11) is 0. The number of carbonyl (C=O) groups excluding carboxylic acids is 1. The molecule has 1 N–H and O–H groups in total. The summed E-state index contributed by atoms with van der Waals surface area (Å²) in [5.41, 5.74) is 1.69. The average molecular weight is 337 g/mol. The monoisotopic (exact) mass is 336 g/mol. The van der Waals surface area contributed by atoms with E-state index >= 15 is 0 Å². The summed E-state index contributed by atoms with van der Waals surface area (Å²) in [4.78, 5) is 14.8. The molecule has 3 rings (SSSR count). The molecule has 2 heterocycles. The minimum absolute atomic E-state index is 0. The third-order valence-corrected chi connectivity index (χ3v) is 5.64. The number of benzene rings is 1. The molecule has 2 aliphatic heterocycles. The third kappa shape index (κ3) is 4.27. The lowest BCUT2D eigenvalue weighted by molar-refractivity contribution is -0.136. The second-order valence-electron chi connectivity index (χ2n) is 7.51. The zero-order valence-electron chi connectivity index (χ0n) is 14.3. The molecule has 2 saturated heterocycles. The number of carbonyl (C=O) groups is 1. The minimum Gasteiger partial charge on any atom is -0.342 e. The van der Waals surface area contributed by atoms with Crippen LogP contribution >= 0.6 is 12.4 Å². The molecule has 0 radical (unpaired) electrons. The van der Waals surface area contributed by atoms with E-state index in [0.29, 0.717) is 11.8 Å². The van der Waals surface area contributed by atoms with Gasteiger partial charge in [-0.2, -0.15) is 0 Å². The van der Waals surface area contributed by atoms with E-state index in [-0.39, 0.29) is 23.7 Å². The first-order valence-electron chi connectivity index (χ1n) is 8.61. The summed E-state index contributed by atoms with van der Waals surface area (Å²) >= 11 is 0. The van der Waals surface area contributed by atoms with Crippen molar-refractivity contribution in [3.63, 3.8) is 0 Å². The van der Waals surface area contributed by atoms with Gasteiger partial charge in [-0.15, -0.1) is 12.4 Å². The van der Waals surface area contributed by atoms with Gasteiger partial charge >= 0.3 is 0 Å². The molecular weight excluding hydrogens is 308 g/mol. The fraction of sp³-hybridized carbons (Fsp3) is 0.632. The number of hydrogen-bond acceptors (Lipinski definition) is 2. The number of nitrogens with zero attached hydrogens (tertiary/aromatic N) is 1. The Bertz CT molecular complexity index is 517. The summed E-state index contributed by atoms with van der Waals surface area (Å²) in [5.74, 6) is 1.09. The summed E-state index contributed by atoms with van der Waals surface area (Å²) in [6, 6.07) is 10.7. The zero-order valence-corrected chi connectivity index (χ0v) is 15.1. The van der Waals surface area contributed by atoms with E-state index in [1.165, 1.54) is 12.0 Å². The molecule has 0 bridgehead atoms. The number of hydrogen-bond donors (Lipinski definition) is 1. The lowest BCUT2D eigenvalue weighted by Gasteiger charge is -2.34. The first kappa shape index (κ1) is 18.3. The molecule has 0 spiro atoms. The molecule has 1 amide bonds. The van der Waals surface area contributed by atoms with Crippen molar-refractivity contribution in [2.45, 2.75) is 33.1 Å². The van der Waals surface area contributed by atoms with Crippen molar-refractivity contribution in [2.75, 3.05) is 26.2 Å². The highest BCUT2D eigenvalue weighted by Gasteiger charge is 2.39. The van der Waals surface area contributed by atoms with Gasteiger partial charge in [0.2, 0.25) is 5.91 Å². The van der Waals surface area contributed by atoms with E-state index in [4.69, 9.17) is 0 Å². The predicted molar refractivity (Wildman–Crippen MR) is 96.8 cm³/mol. The Hall–Kier alpha value is -1.06. The van der Waals surface area contributed by atoms with Crippen LogP contribution in [0.4, 0.5) is 0 Å². The van der Waals surface area contributed by atoms with Crippen LogP contribution in [0.1, 0.15) is 32.3 Å². The van der Waals surface area contributed by atoms with E-state index in [2.05, 4.69) is 54.4 Å². The van der Waals surface area contributed by atoms with Gasteiger partial charge < -0.3 is 10.2 Å². The van der Waals surface area contributed by atoms with Crippen molar-refractivity contribution in [2.24, 2.45) is 17.3 Å². The van der Waals surface area contributed by atoms with Crippen LogP contribution in [-0.4, -0.2) is 37.0 Å². The van der Waals surface area contributed by atoms with Crippen molar-refractivity contribution < 1.29 is 4.79 Å². The highest BCUT2D eigenvalue weighted by molar-refractivity contribution is 5.85. The van der Waals surface area contributed by atoms with Gasteiger partial charge in [-0.25, -0.2) is 0 Å². The van der Waals surface area contributed by atoms with Gasteiger partial charge in [0.05, 0.1) is 0 Å². The number of likely N-dealkylation sites (tertiary alicyclic amines) is 1. The highest BCUT2D eigenvalue weighted by Crippen LogP contribution is 2.36. The van der Waals surface area contributed by atoms with Crippen LogP contribution in [0.5, 0.6) is 0 Å². The lowest BCUT2D eigenvalue weighted by Crippen LogP contribution is -2.50. The zero-order chi connectivity index (χ0) is 15.6. The molecule has 2 fully saturated rings. The number of rotatable bonds is 5. The van der Waals surface area contributed by atoms with Crippen molar-refractivity contribution in [1.29, 1.82) is 0 Å². The Balaban J connectivity index is 0.00000192. The van der Waals surface area contributed by atoms with Gasteiger partial charge in [-0.3, -0.25) is 4.79 Å². The molecule has 2 atom stereocenters. The Morgan fingerprint density at radius 1 is 1.35 bits per heavy atom. The van der Waals surface area contributed by atoms with Crippen LogP contribution in [0, 0.1) is 17.3 Å². The molecule has 2 aliphatic rings. The van der Waals surface area contributed by atoms with Crippen molar-refractivity contribution in [3.8, 4) is 0 Å². The van der Waals surface area contributed by atoms with Crippen LogP contribution in [0.3, 0.4) is 0 Å². The summed E-state index contributed by atoms with van der Waals surface area (Å²) < 4.78 is 0. The van der Waals surface area contributed by atoms with Crippen molar-refractivity contribution in [3.05, 3.63) is 35.9 Å². The molecular formula is C19H29ClN2O. The maximum absolute atomic E-state index is 12.6. The summed E-state index contributed by atoms with van der Waals surface area (Å²) in [5, 5.41) is 3.27. The van der Waals surface area contributed by atoms with Crippen LogP contribution < -0.4 is 5.32 Å². The van der Waals surface area contributed by atoms with E-state index in [1.54, 1.807) is 0 Å². The van der Waals surface area contributed by atoms with Gasteiger partial charge in [-0.1, -0.05) is 44.2 Å². The second kappa shape index (κ2) is 7.67. The summed E-state index contributed by atoms with van der Waals surface area (Å²) in [6.07, 6.45) is 3.42. The fourth-order valence-electron chi connectivity index (χ4n) is 3.66. The Kier molecular flexibility index (Phi) is 6.10. The normalized spacial score (nSPS) is 25.6. The largest absolute Gasteiger partial charge is 0.342 e. The molecule has 0 aromatic heterocycles. The Labute approximate surface area is 146 Å². The number of halogens is 1. The lowest BCUT2D eigenvalue weighted by atomic mass is 9.83. The first-order chi connectivity index (χ1) is 10.6. The molecule has 23 heavy (non-hydrogen) atoms. The smallest absolute Gasteiger partial charge is 0.225 e. The van der Waals surface area contributed by atoms with E-state index in [0.717, 1.165) is 39.0 Å². The maximum Gasteiger partial charge on any atom is 0.225 e. The molecule has 3 nitrogen and oxygen atoms in total. The predicted octanol–water partition coefficient (Wildman–Crippen LogP) is 3.14. The SMILES string of the molecule is CC(C(=O)N1CCC(C)(CCc2ccccc2)C1)C1CNC1.Cl. The quantitative estimate of drug-likeness (QED) is 0.896. The van der Waals surface area contributed by atoms with Gasteiger partial charge in [0, 0.05) is 19.0 Å². The van der Waals surface area contributed by atoms with E-state index < -0.39 is 0 Å². The van der Waals surface area contributed by atoms with Crippen LogP contribution in [0.15, 0.2) is 30.3 Å². The maximum atomic E-state index is 12.6. The topological polar surface area (TPSA) is 32.3 Å². The highest BCUT2D eigenvalue weighted by atomic mass is 35.5. The van der Waals surface area contributed by atoms with Gasteiger partial charge in [0.15, 0.2) is 0 Å². The fourth-order valence-corrected chi connectivity index (χ4v) is 3.66. The van der Waals surface area contributed by atoms with Crippen molar-refractivity contribution >= 4 is 18.3 Å². The first-order valence-corrected chi connectivity index (χ1v) is 8.61. The molecule has 2 unspecified atom stereocenters. The minimum atomic E-state index is 0.